The van der Waals surface area contributed by atoms with Crippen molar-refractivity contribution in [2.45, 2.75) is 103 Å². The Balaban J connectivity index is 2.83. The third kappa shape index (κ3) is 5.76. The summed E-state index contributed by atoms with van der Waals surface area (Å²) < 4.78 is 13.0. The van der Waals surface area contributed by atoms with E-state index in [0.717, 1.165) is 12.0 Å². The molecule has 1 saturated carbocycles. The van der Waals surface area contributed by atoms with Crippen molar-refractivity contribution in [3.8, 4) is 0 Å². The minimum atomic E-state index is -1.89. The first-order chi connectivity index (χ1) is 11.0. The molecular weight excluding hydrogens is 344 g/mol. The highest BCUT2D eigenvalue weighted by Crippen LogP contribution is 2.42. The lowest BCUT2D eigenvalue weighted by Gasteiger charge is -2.44. The van der Waals surface area contributed by atoms with Gasteiger partial charge < -0.3 is 14.0 Å². The lowest BCUT2D eigenvalue weighted by atomic mass is 9.82. The molecule has 0 aromatic carbocycles. The van der Waals surface area contributed by atoms with Crippen molar-refractivity contribution in [3.63, 3.8) is 0 Å². The van der Waals surface area contributed by atoms with Crippen LogP contribution in [0.25, 0.3) is 0 Å². The summed E-state index contributed by atoms with van der Waals surface area (Å²) in [7, 11) is -3.68. The van der Waals surface area contributed by atoms with Crippen molar-refractivity contribution >= 4 is 16.6 Å². The molecule has 0 saturated heterocycles. The van der Waals surface area contributed by atoms with Gasteiger partial charge in [0.2, 0.25) is 0 Å². The van der Waals surface area contributed by atoms with Crippen LogP contribution in [0.2, 0.25) is 36.3 Å². The summed E-state index contributed by atoms with van der Waals surface area (Å²) in [5.74, 6) is 0.188. The van der Waals surface area contributed by atoms with Gasteiger partial charge >= 0.3 is 0 Å². The number of hydrogen-bond donors (Lipinski definition) is 1. The van der Waals surface area contributed by atoms with Crippen molar-refractivity contribution in [1.82, 2.24) is 0 Å². The number of aliphatic hydroxyl groups is 1. The predicted octanol–water partition coefficient (Wildman–Crippen LogP) is 5.73. The van der Waals surface area contributed by atoms with Gasteiger partial charge in [-0.2, -0.15) is 0 Å². The Bertz CT molecular complexity index is 472. The molecule has 0 amide bonds. The molecule has 0 aromatic heterocycles. The summed E-state index contributed by atoms with van der Waals surface area (Å²) in [5.41, 5.74) is 1.12. The molecule has 0 spiro atoms. The van der Waals surface area contributed by atoms with E-state index in [9.17, 15) is 5.11 Å². The molecule has 0 aromatic rings. The van der Waals surface area contributed by atoms with Gasteiger partial charge in [0.1, 0.15) is 0 Å². The van der Waals surface area contributed by atoms with Gasteiger partial charge in [0.15, 0.2) is 16.6 Å². The van der Waals surface area contributed by atoms with Crippen LogP contribution in [-0.4, -0.2) is 40.6 Å². The monoisotopic (exact) mass is 386 g/mol. The molecule has 0 heterocycles. The zero-order valence-corrected chi connectivity index (χ0v) is 20.3. The first kappa shape index (κ1) is 23.1. The smallest absolute Gasteiger partial charge is 0.192 e. The zero-order valence-electron chi connectivity index (χ0n) is 18.3. The number of aliphatic hydroxyl groups excluding tert-OH is 1. The van der Waals surface area contributed by atoms with Crippen LogP contribution in [0.4, 0.5) is 0 Å². The molecule has 1 rings (SSSR count). The van der Waals surface area contributed by atoms with Crippen LogP contribution in [0.5, 0.6) is 0 Å². The molecule has 3 nitrogen and oxygen atoms in total. The van der Waals surface area contributed by atoms with E-state index in [0.29, 0.717) is 13.0 Å². The normalized spacial score (nSPS) is 26.8. The summed E-state index contributed by atoms with van der Waals surface area (Å²) >= 11 is 0. The van der Waals surface area contributed by atoms with E-state index in [1.807, 2.05) is 0 Å². The largest absolute Gasteiger partial charge is 0.416 e. The van der Waals surface area contributed by atoms with Crippen LogP contribution in [0.15, 0.2) is 12.2 Å². The van der Waals surface area contributed by atoms with Crippen LogP contribution in [-0.2, 0) is 8.85 Å². The molecule has 25 heavy (non-hydrogen) atoms. The molecule has 1 aliphatic rings. The van der Waals surface area contributed by atoms with E-state index in [2.05, 4.69) is 74.3 Å². The van der Waals surface area contributed by atoms with E-state index in [1.165, 1.54) is 0 Å². The van der Waals surface area contributed by atoms with Crippen molar-refractivity contribution in [2.24, 2.45) is 5.92 Å². The Labute approximate surface area is 158 Å². The lowest BCUT2D eigenvalue weighted by Crippen LogP contribution is -2.48. The van der Waals surface area contributed by atoms with Crippen molar-refractivity contribution in [1.29, 1.82) is 0 Å². The minimum absolute atomic E-state index is 0.0438. The SMILES string of the molecule is C=C1[C@H](CO[Si](C)(C)C(C)(C)C)C[C@H](O)C[C@H]1O[Si](C)(C)C(C)(C)C. The molecule has 0 bridgehead atoms. The van der Waals surface area contributed by atoms with Crippen LogP contribution in [0.3, 0.4) is 0 Å². The van der Waals surface area contributed by atoms with E-state index in [1.54, 1.807) is 0 Å². The van der Waals surface area contributed by atoms with Gasteiger partial charge in [-0.25, -0.2) is 0 Å². The number of rotatable bonds is 5. The predicted molar refractivity (Wildman–Crippen MR) is 113 cm³/mol. The number of hydrogen-bond acceptors (Lipinski definition) is 3. The summed E-state index contributed by atoms with van der Waals surface area (Å²) in [6, 6.07) is 0. The molecule has 3 atom stereocenters. The van der Waals surface area contributed by atoms with Crippen LogP contribution in [0, 0.1) is 5.92 Å². The second kappa shape index (κ2) is 7.59. The highest BCUT2D eigenvalue weighted by atomic mass is 28.4. The Morgan fingerprint density at radius 3 is 1.88 bits per heavy atom. The fourth-order valence-electron chi connectivity index (χ4n) is 2.59. The van der Waals surface area contributed by atoms with Crippen LogP contribution in [0.1, 0.15) is 54.4 Å². The average Bonchev–Trinajstić information content (AvgIpc) is 2.38. The van der Waals surface area contributed by atoms with Gasteiger partial charge in [-0.3, -0.25) is 0 Å². The average molecular weight is 387 g/mol. The van der Waals surface area contributed by atoms with Gasteiger partial charge in [0.05, 0.1) is 12.2 Å². The Morgan fingerprint density at radius 2 is 1.44 bits per heavy atom. The summed E-state index contributed by atoms with van der Waals surface area (Å²) in [5, 5.41) is 10.8. The van der Waals surface area contributed by atoms with Crippen molar-refractivity contribution < 1.29 is 14.0 Å². The molecule has 148 valence electrons. The molecule has 0 unspecified atom stereocenters. The van der Waals surface area contributed by atoms with E-state index in [-0.39, 0.29) is 28.2 Å². The van der Waals surface area contributed by atoms with Gasteiger partial charge in [0.25, 0.3) is 0 Å². The summed E-state index contributed by atoms with van der Waals surface area (Å²) in [6.07, 6.45) is 1.04. The van der Waals surface area contributed by atoms with Gasteiger partial charge in [-0.1, -0.05) is 48.1 Å². The van der Waals surface area contributed by atoms with Gasteiger partial charge in [0, 0.05) is 18.9 Å². The van der Waals surface area contributed by atoms with Gasteiger partial charge in [-0.05, 0) is 48.3 Å². The fourth-order valence-corrected chi connectivity index (χ4v) is 4.96. The quantitative estimate of drug-likeness (QED) is 0.484. The Hall–Kier alpha value is 0.0538. The van der Waals surface area contributed by atoms with Crippen LogP contribution < -0.4 is 0 Å². The third-order valence-corrected chi connectivity index (χ3v) is 15.7. The second-order valence-electron chi connectivity index (χ2n) is 10.8. The topological polar surface area (TPSA) is 38.7 Å². The Morgan fingerprint density at radius 1 is 0.960 bits per heavy atom. The third-order valence-electron chi connectivity index (χ3n) is 6.68. The highest BCUT2D eigenvalue weighted by Gasteiger charge is 2.43. The zero-order chi connectivity index (χ0) is 19.8. The van der Waals surface area contributed by atoms with E-state index in [4.69, 9.17) is 8.85 Å². The van der Waals surface area contributed by atoms with E-state index >= 15 is 0 Å². The van der Waals surface area contributed by atoms with Crippen LogP contribution >= 0.6 is 0 Å². The second-order valence-corrected chi connectivity index (χ2v) is 20.4. The summed E-state index contributed by atoms with van der Waals surface area (Å²) in [4.78, 5) is 0. The fraction of sp³-hybridized carbons (Fsp3) is 0.900. The standard InChI is InChI=1S/C20H42O3Si2/c1-15-16(14-22-24(8,9)19(2,3)4)12-17(21)13-18(15)23-25(10,11)20(5,6)7/h16-18,21H,1,12-14H2,2-11H3/t16-,17-,18+/m0/s1. The minimum Gasteiger partial charge on any atom is -0.416 e. The molecule has 5 heteroatoms. The first-order valence-electron chi connectivity index (χ1n) is 9.66. The first-order valence-corrected chi connectivity index (χ1v) is 15.5. The molecule has 1 fully saturated rings. The highest BCUT2D eigenvalue weighted by molar-refractivity contribution is 6.74. The summed E-state index contributed by atoms with van der Waals surface area (Å²) in [6.45, 7) is 27.6. The molecular formula is C20H42O3Si2. The van der Waals surface area contributed by atoms with Gasteiger partial charge in [-0.15, -0.1) is 0 Å². The van der Waals surface area contributed by atoms with E-state index < -0.39 is 16.6 Å². The molecule has 0 aliphatic heterocycles. The van der Waals surface area contributed by atoms with Crippen molar-refractivity contribution in [2.75, 3.05) is 6.61 Å². The molecule has 0 radical (unpaired) electrons. The molecule has 1 aliphatic carbocycles. The Kier molecular flexibility index (Phi) is 7.01. The maximum Gasteiger partial charge on any atom is 0.192 e. The lowest BCUT2D eigenvalue weighted by molar-refractivity contribution is 0.0444. The molecule has 1 N–H and O–H groups in total. The maximum atomic E-state index is 10.4. The maximum absolute atomic E-state index is 10.4. The van der Waals surface area contributed by atoms with Crippen molar-refractivity contribution in [3.05, 3.63) is 12.2 Å².